The lowest BCUT2D eigenvalue weighted by Gasteiger charge is -2.05. The quantitative estimate of drug-likeness (QED) is 0.577. The Labute approximate surface area is 67.3 Å². The summed E-state index contributed by atoms with van der Waals surface area (Å²) in [4.78, 5) is 0. The summed E-state index contributed by atoms with van der Waals surface area (Å²) in [5.41, 5.74) is -0.365. The monoisotopic (exact) mass is 172 g/mol. The fourth-order valence-electron chi connectivity index (χ4n) is 0.758. The van der Waals surface area contributed by atoms with Gasteiger partial charge in [-0.3, -0.25) is 0 Å². The van der Waals surface area contributed by atoms with Crippen LogP contribution in [0.4, 0.5) is 13.2 Å². The summed E-state index contributed by atoms with van der Waals surface area (Å²) in [7, 11) is 0. The van der Waals surface area contributed by atoms with Crippen molar-refractivity contribution in [3.8, 4) is 0 Å². The molecule has 0 heterocycles. The van der Waals surface area contributed by atoms with Gasteiger partial charge in [-0.05, 0) is 17.7 Å². The molecule has 4 heteroatoms. The van der Waals surface area contributed by atoms with Crippen LogP contribution in [0.3, 0.4) is 0 Å². The SMILES string of the molecule is [N]=Cc1ccc(C(F)(F)F)cc1. The molecular formula is C8H5F3N. The first-order valence-corrected chi connectivity index (χ1v) is 3.19. The van der Waals surface area contributed by atoms with Crippen molar-refractivity contribution in [2.24, 2.45) is 0 Å². The number of benzene rings is 1. The Morgan fingerprint density at radius 3 is 1.92 bits per heavy atom. The Bertz CT molecular complexity index is 273. The van der Waals surface area contributed by atoms with Crippen LogP contribution in [0.1, 0.15) is 11.1 Å². The molecule has 0 aromatic heterocycles. The lowest BCUT2D eigenvalue weighted by atomic mass is 10.1. The molecule has 0 aliphatic heterocycles. The molecule has 1 aromatic carbocycles. The lowest BCUT2D eigenvalue weighted by molar-refractivity contribution is -0.137. The van der Waals surface area contributed by atoms with Crippen molar-refractivity contribution in [3.05, 3.63) is 35.4 Å². The first kappa shape index (κ1) is 8.77. The molecule has 0 unspecified atom stereocenters. The summed E-state index contributed by atoms with van der Waals surface area (Å²) in [5.74, 6) is 0. The normalized spacial score (nSPS) is 11.2. The summed E-state index contributed by atoms with van der Waals surface area (Å²) >= 11 is 0. The molecular weight excluding hydrogens is 167 g/mol. The van der Waals surface area contributed by atoms with Gasteiger partial charge in [0.1, 0.15) is 0 Å². The molecule has 12 heavy (non-hydrogen) atoms. The van der Waals surface area contributed by atoms with E-state index < -0.39 is 11.7 Å². The van der Waals surface area contributed by atoms with Crippen LogP contribution in [0.25, 0.3) is 0 Å². The number of hydrogen-bond donors (Lipinski definition) is 0. The van der Waals surface area contributed by atoms with E-state index in [0.717, 1.165) is 18.3 Å². The van der Waals surface area contributed by atoms with Crippen molar-refractivity contribution in [2.45, 2.75) is 6.18 Å². The van der Waals surface area contributed by atoms with Crippen molar-refractivity contribution in [3.63, 3.8) is 0 Å². The third kappa shape index (κ3) is 1.84. The van der Waals surface area contributed by atoms with Crippen LogP contribution in [0, 0.1) is 0 Å². The van der Waals surface area contributed by atoms with E-state index in [1.807, 2.05) is 0 Å². The summed E-state index contributed by atoms with van der Waals surface area (Å²) in [6.07, 6.45) is -3.56. The average molecular weight is 172 g/mol. The second-order valence-corrected chi connectivity index (χ2v) is 2.25. The summed E-state index contributed by atoms with van der Waals surface area (Å²) in [6.45, 7) is 0. The Morgan fingerprint density at radius 1 is 1.08 bits per heavy atom. The van der Waals surface area contributed by atoms with E-state index in [9.17, 15) is 13.2 Å². The predicted octanol–water partition coefficient (Wildman–Crippen LogP) is 1.92. The highest BCUT2D eigenvalue weighted by atomic mass is 19.4. The van der Waals surface area contributed by atoms with Gasteiger partial charge in [0.25, 0.3) is 0 Å². The minimum atomic E-state index is -4.31. The molecule has 1 nitrogen and oxygen atoms in total. The topological polar surface area (TPSA) is 22.3 Å². The average Bonchev–Trinajstić information content (AvgIpc) is 2.03. The van der Waals surface area contributed by atoms with Crippen LogP contribution in [0.5, 0.6) is 0 Å². The third-order valence-corrected chi connectivity index (χ3v) is 1.39. The van der Waals surface area contributed by atoms with Crippen molar-refractivity contribution in [2.75, 3.05) is 0 Å². The molecule has 1 rings (SSSR count). The molecule has 0 N–H and O–H groups in total. The summed E-state index contributed by atoms with van der Waals surface area (Å²) < 4.78 is 35.9. The van der Waals surface area contributed by atoms with E-state index in [0.29, 0.717) is 5.56 Å². The molecule has 0 amide bonds. The Morgan fingerprint density at radius 2 is 1.58 bits per heavy atom. The van der Waals surface area contributed by atoms with Gasteiger partial charge in [0.05, 0.1) is 11.8 Å². The molecule has 0 aliphatic carbocycles. The lowest BCUT2D eigenvalue weighted by Crippen LogP contribution is -2.04. The first-order valence-electron chi connectivity index (χ1n) is 3.19. The fourth-order valence-corrected chi connectivity index (χ4v) is 0.758. The van der Waals surface area contributed by atoms with Crippen LogP contribution in [0.2, 0.25) is 0 Å². The first-order chi connectivity index (χ1) is 5.54. The molecule has 0 bridgehead atoms. The maximum absolute atomic E-state index is 12.0. The predicted molar refractivity (Wildman–Crippen MR) is 38.7 cm³/mol. The van der Waals surface area contributed by atoms with Crippen molar-refractivity contribution >= 4 is 6.21 Å². The summed E-state index contributed by atoms with van der Waals surface area (Å²) in [5, 5.41) is 8.43. The molecule has 0 spiro atoms. The van der Waals surface area contributed by atoms with Crippen LogP contribution < -0.4 is 5.41 Å². The third-order valence-electron chi connectivity index (χ3n) is 1.39. The zero-order chi connectivity index (χ0) is 9.19. The highest BCUT2D eigenvalue weighted by Crippen LogP contribution is 2.28. The largest absolute Gasteiger partial charge is 0.416 e. The molecule has 0 saturated heterocycles. The molecule has 0 saturated carbocycles. The second-order valence-electron chi connectivity index (χ2n) is 2.25. The zero-order valence-corrected chi connectivity index (χ0v) is 5.97. The smallest absolute Gasteiger partial charge is 0.166 e. The van der Waals surface area contributed by atoms with Gasteiger partial charge < -0.3 is 0 Å². The molecule has 0 atom stereocenters. The molecule has 0 aliphatic rings. The van der Waals surface area contributed by atoms with Gasteiger partial charge in [-0.1, -0.05) is 12.1 Å². The van der Waals surface area contributed by atoms with E-state index >= 15 is 0 Å². The van der Waals surface area contributed by atoms with E-state index in [-0.39, 0.29) is 0 Å². The Hall–Kier alpha value is -1.32. The maximum Gasteiger partial charge on any atom is 0.416 e. The Balaban J connectivity index is 3.00. The number of hydrogen-bond acceptors (Lipinski definition) is 0. The maximum atomic E-state index is 12.0. The van der Waals surface area contributed by atoms with E-state index in [4.69, 9.17) is 5.41 Å². The van der Waals surface area contributed by atoms with Gasteiger partial charge in [0, 0.05) is 0 Å². The van der Waals surface area contributed by atoms with Crippen molar-refractivity contribution < 1.29 is 13.2 Å². The number of rotatable bonds is 1. The van der Waals surface area contributed by atoms with Crippen molar-refractivity contribution in [1.29, 1.82) is 0 Å². The van der Waals surface area contributed by atoms with E-state index in [2.05, 4.69) is 0 Å². The molecule has 63 valence electrons. The highest BCUT2D eigenvalue weighted by Gasteiger charge is 2.29. The molecule has 1 radical (unpaired) electrons. The van der Waals surface area contributed by atoms with E-state index in [1.54, 1.807) is 0 Å². The van der Waals surface area contributed by atoms with Crippen LogP contribution in [-0.4, -0.2) is 6.21 Å². The van der Waals surface area contributed by atoms with Crippen molar-refractivity contribution in [1.82, 2.24) is 5.41 Å². The van der Waals surface area contributed by atoms with Crippen LogP contribution in [-0.2, 0) is 6.18 Å². The highest BCUT2D eigenvalue weighted by molar-refractivity contribution is 5.77. The molecule has 1 aromatic rings. The van der Waals surface area contributed by atoms with Gasteiger partial charge in [0.2, 0.25) is 0 Å². The number of nitrogens with zero attached hydrogens (tertiary/aromatic N) is 1. The van der Waals surface area contributed by atoms with Gasteiger partial charge in [0.15, 0.2) is 0 Å². The summed E-state index contributed by atoms with van der Waals surface area (Å²) in [6, 6.07) is 4.23. The van der Waals surface area contributed by atoms with Gasteiger partial charge in [-0.15, -0.1) is 0 Å². The van der Waals surface area contributed by atoms with Crippen LogP contribution in [0.15, 0.2) is 24.3 Å². The van der Waals surface area contributed by atoms with Gasteiger partial charge in [-0.2, -0.15) is 18.6 Å². The van der Waals surface area contributed by atoms with Gasteiger partial charge >= 0.3 is 6.18 Å². The number of halogens is 3. The second kappa shape index (κ2) is 2.97. The zero-order valence-electron chi connectivity index (χ0n) is 5.97. The fraction of sp³-hybridized carbons (Fsp3) is 0.125. The number of alkyl halides is 3. The van der Waals surface area contributed by atoms with Crippen LogP contribution >= 0.6 is 0 Å². The Kier molecular flexibility index (Phi) is 2.17. The molecule has 0 fully saturated rings. The minimum absolute atomic E-state index is 0.350. The standard InChI is InChI=1S/C8H5F3N/c9-8(10,11)7-3-1-6(5-12)2-4-7/h1-5H. The van der Waals surface area contributed by atoms with E-state index in [1.165, 1.54) is 12.1 Å². The van der Waals surface area contributed by atoms with Gasteiger partial charge in [-0.25, -0.2) is 0 Å². The minimum Gasteiger partial charge on any atom is -0.166 e.